The molecule has 3 aromatic carbocycles. The Labute approximate surface area is 185 Å². The van der Waals surface area contributed by atoms with Gasteiger partial charge in [0.25, 0.3) is 0 Å². The molecule has 5 nitrogen and oxygen atoms in total. The number of rotatable bonds is 4. The third kappa shape index (κ3) is 3.93. The zero-order valence-electron chi connectivity index (χ0n) is 15.4. The second kappa shape index (κ2) is 8.35. The summed E-state index contributed by atoms with van der Waals surface area (Å²) in [5.74, 6) is -12.2. The van der Waals surface area contributed by atoms with E-state index in [1.807, 2.05) is 0 Å². The van der Waals surface area contributed by atoms with E-state index >= 15 is 0 Å². The Kier molecular flexibility index (Phi) is 6.15. The van der Waals surface area contributed by atoms with Gasteiger partial charge in [-0.25, -0.2) is 35.1 Å². The Morgan fingerprint density at radius 1 is 0.774 bits per heavy atom. The van der Waals surface area contributed by atoms with E-state index in [4.69, 9.17) is 0 Å². The average molecular weight is 504 g/mol. The molecule has 0 saturated carbocycles. The van der Waals surface area contributed by atoms with Crippen molar-refractivity contribution < 1.29 is 49.8 Å². The van der Waals surface area contributed by atoms with Crippen LogP contribution in [-0.4, -0.2) is 18.2 Å². The number of hydrogen-bond donors (Lipinski definition) is 0. The maximum atomic E-state index is 14.0. The molecule has 0 aliphatic rings. The minimum Gasteiger partial charge on any atom is -0.571 e. The number of nitrogens with zero attached hydrogens (tertiary/aromatic N) is 3. The van der Waals surface area contributed by atoms with Crippen molar-refractivity contribution in [1.82, 2.24) is 9.78 Å². The summed E-state index contributed by atoms with van der Waals surface area (Å²) in [6, 6.07) is 12.5. The quantitative estimate of drug-likeness (QED) is 0.168. The van der Waals surface area contributed by atoms with Crippen molar-refractivity contribution >= 4 is 26.6 Å². The molecule has 4 rings (SSSR count). The number of fused-ring (bicyclic) bond motifs is 1. The summed E-state index contributed by atoms with van der Waals surface area (Å²) in [4.78, 5) is -2.03. The van der Waals surface area contributed by atoms with Gasteiger partial charge < -0.3 is 4.72 Å². The van der Waals surface area contributed by atoms with E-state index in [2.05, 4.69) is 9.82 Å². The summed E-state index contributed by atoms with van der Waals surface area (Å²) in [6.07, 6.45) is 1.56. The Balaban J connectivity index is 0.00000272. The van der Waals surface area contributed by atoms with Crippen LogP contribution in [0, 0.1) is 29.1 Å². The van der Waals surface area contributed by atoms with E-state index in [-0.39, 0.29) is 30.9 Å². The van der Waals surface area contributed by atoms with Gasteiger partial charge in [-0.3, -0.25) is 0 Å². The first-order valence-corrected chi connectivity index (χ1v) is 9.68. The first-order valence-electron chi connectivity index (χ1n) is 8.24. The van der Waals surface area contributed by atoms with Crippen molar-refractivity contribution in [2.45, 2.75) is 4.90 Å². The van der Waals surface area contributed by atoms with Crippen LogP contribution in [-0.2, 0) is 29.5 Å². The zero-order valence-corrected chi connectivity index (χ0v) is 19.1. The predicted molar refractivity (Wildman–Crippen MR) is 97.5 cm³/mol. The fourth-order valence-electron chi connectivity index (χ4n) is 2.81. The molecule has 1 aromatic heterocycles. The fraction of sp³-hybridized carbons (Fsp3) is 0. The predicted octanol–water partition coefficient (Wildman–Crippen LogP) is 5.11. The van der Waals surface area contributed by atoms with Gasteiger partial charge in [-0.2, -0.15) is 5.10 Å². The van der Waals surface area contributed by atoms with Crippen LogP contribution in [0.4, 0.5) is 27.6 Å². The molecule has 0 N–H and O–H groups in total. The minimum absolute atomic E-state index is 0. The second-order valence-corrected chi connectivity index (χ2v) is 7.63. The van der Waals surface area contributed by atoms with Crippen LogP contribution in [0.15, 0.2) is 59.6 Å². The molecule has 0 saturated heterocycles. The SMILES string of the molecule is O=S(=O)([N-]c1ccccc1-n1cc2ccccc2n1)c1c(F)c(F)c(F)c(F)c1F.[Zn]. The summed E-state index contributed by atoms with van der Waals surface area (Å²) in [5.41, 5.74) is 0.380. The number of sulfonamides is 1. The van der Waals surface area contributed by atoms with Gasteiger partial charge in [0.05, 0.1) is 11.2 Å². The van der Waals surface area contributed by atoms with Gasteiger partial charge >= 0.3 is 0 Å². The van der Waals surface area contributed by atoms with Crippen LogP contribution >= 0.6 is 0 Å². The first-order chi connectivity index (χ1) is 14.2. The minimum atomic E-state index is -5.31. The van der Waals surface area contributed by atoms with E-state index in [9.17, 15) is 30.4 Å². The molecular formula is C19H9F5N3O2SZn-. The van der Waals surface area contributed by atoms with Crippen molar-refractivity contribution in [3.05, 3.63) is 88.5 Å². The van der Waals surface area contributed by atoms with Gasteiger partial charge in [-0.1, -0.05) is 36.4 Å². The maximum Gasteiger partial charge on any atom is 0.200 e. The molecule has 0 fully saturated rings. The molecular weight excluding hydrogens is 495 g/mol. The molecule has 0 aliphatic carbocycles. The van der Waals surface area contributed by atoms with Crippen LogP contribution in [0.25, 0.3) is 21.3 Å². The number of hydrogen-bond acceptors (Lipinski definition) is 3. The van der Waals surface area contributed by atoms with E-state index in [1.165, 1.54) is 28.9 Å². The van der Waals surface area contributed by atoms with Crippen LogP contribution in [0.2, 0.25) is 0 Å². The van der Waals surface area contributed by atoms with E-state index in [0.29, 0.717) is 5.52 Å². The third-order valence-electron chi connectivity index (χ3n) is 4.19. The van der Waals surface area contributed by atoms with E-state index < -0.39 is 44.0 Å². The van der Waals surface area contributed by atoms with Crippen molar-refractivity contribution in [2.24, 2.45) is 0 Å². The van der Waals surface area contributed by atoms with Crippen LogP contribution in [0.5, 0.6) is 0 Å². The topological polar surface area (TPSA) is 66.1 Å². The standard InChI is InChI=1S/C19H9F5N3O2S.Zn/c20-14-15(21)17(23)19(18(24)16(14)22)30(28,29)26-12-7-3-4-8-13(12)27-9-10-5-1-2-6-11(10)25-27;/h1-9H;/q-1;. The van der Waals surface area contributed by atoms with Crippen LogP contribution in [0.1, 0.15) is 0 Å². The fourth-order valence-corrected chi connectivity index (χ4v) is 3.95. The number of benzene rings is 3. The second-order valence-electron chi connectivity index (χ2n) is 6.09. The summed E-state index contributed by atoms with van der Waals surface area (Å²) < 4.78 is 97.7. The molecule has 156 valence electrons. The normalized spacial score (nSPS) is 11.4. The van der Waals surface area contributed by atoms with Gasteiger partial charge in [-0.05, 0) is 12.1 Å². The Morgan fingerprint density at radius 2 is 1.32 bits per heavy atom. The molecule has 0 radical (unpaired) electrons. The number of halogens is 5. The summed E-state index contributed by atoms with van der Waals surface area (Å²) in [7, 11) is -5.31. The number of aromatic nitrogens is 2. The molecule has 0 amide bonds. The molecule has 31 heavy (non-hydrogen) atoms. The zero-order chi connectivity index (χ0) is 21.6. The van der Waals surface area contributed by atoms with Crippen LogP contribution < -0.4 is 0 Å². The van der Waals surface area contributed by atoms with Gasteiger partial charge in [0.2, 0.25) is 5.82 Å². The molecule has 0 atom stereocenters. The van der Waals surface area contributed by atoms with Crippen molar-refractivity contribution in [3.8, 4) is 5.69 Å². The van der Waals surface area contributed by atoms with Gasteiger partial charge in [-0.15, -0.1) is 5.69 Å². The number of para-hydroxylation sites is 1. The average Bonchev–Trinajstić information content (AvgIpc) is 3.15. The molecule has 12 heteroatoms. The molecule has 1 heterocycles. The Hall–Kier alpha value is -2.85. The van der Waals surface area contributed by atoms with Crippen LogP contribution in [0.3, 0.4) is 0 Å². The molecule has 0 bridgehead atoms. The molecule has 0 aliphatic heterocycles. The molecule has 0 unspecified atom stereocenters. The Morgan fingerprint density at radius 3 is 1.97 bits per heavy atom. The van der Waals surface area contributed by atoms with E-state index in [0.717, 1.165) is 5.39 Å². The summed E-state index contributed by atoms with van der Waals surface area (Å²) >= 11 is 0. The molecule has 4 aromatic rings. The van der Waals surface area contributed by atoms with Crippen molar-refractivity contribution in [3.63, 3.8) is 0 Å². The third-order valence-corrected chi connectivity index (χ3v) is 5.50. The van der Waals surface area contributed by atoms with E-state index in [1.54, 1.807) is 30.5 Å². The molecule has 0 spiro atoms. The van der Waals surface area contributed by atoms with Crippen molar-refractivity contribution in [2.75, 3.05) is 0 Å². The smallest absolute Gasteiger partial charge is 0.200 e. The van der Waals surface area contributed by atoms with Gasteiger partial charge in [0.15, 0.2) is 23.3 Å². The summed E-state index contributed by atoms with van der Waals surface area (Å²) in [6.45, 7) is 0. The van der Waals surface area contributed by atoms with Crippen molar-refractivity contribution in [1.29, 1.82) is 0 Å². The van der Waals surface area contributed by atoms with Gasteiger partial charge in [0.1, 0.15) is 14.9 Å². The summed E-state index contributed by atoms with van der Waals surface area (Å²) in [5, 5.41) is 4.98. The van der Waals surface area contributed by atoms with Gasteiger partial charge in [0, 0.05) is 31.1 Å². The maximum absolute atomic E-state index is 14.0. The monoisotopic (exact) mass is 502 g/mol. The largest absolute Gasteiger partial charge is 0.571 e. The Bertz CT molecular complexity index is 1350. The first kappa shape index (κ1) is 22.8.